The number of benzene rings is 1. The Balaban J connectivity index is 2.24. The van der Waals surface area contributed by atoms with Crippen LogP contribution in [-0.4, -0.2) is 19.0 Å². The van der Waals surface area contributed by atoms with Crippen LogP contribution < -0.4 is 4.74 Å². The van der Waals surface area contributed by atoms with Gasteiger partial charge in [0, 0.05) is 15.8 Å². The van der Waals surface area contributed by atoms with E-state index in [4.69, 9.17) is 27.9 Å². The average Bonchev–Trinajstić information content (AvgIpc) is 2.85. The molecule has 0 saturated carbocycles. The molecule has 0 aliphatic rings. The van der Waals surface area contributed by atoms with Crippen molar-refractivity contribution in [1.82, 2.24) is 0 Å². The summed E-state index contributed by atoms with van der Waals surface area (Å²) in [5, 5.41) is 3.67. The smallest absolute Gasteiger partial charge is 0.345 e. The number of esters is 2. The van der Waals surface area contributed by atoms with Gasteiger partial charge in [0.2, 0.25) is 0 Å². The van der Waals surface area contributed by atoms with Gasteiger partial charge in [-0.15, -0.1) is 11.3 Å². The predicted molar refractivity (Wildman–Crippen MR) is 77.1 cm³/mol. The second-order valence-corrected chi connectivity index (χ2v) is 5.24. The van der Waals surface area contributed by atoms with Crippen molar-refractivity contribution >= 4 is 46.5 Å². The summed E-state index contributed by atoms with van der Waals surface area (Å²) in [6.45, 7) is 0. The Bertz CT molecular complexity index is 666. The van der Waals surface area contributed by atoms with Gasteiger partial charge in [0.05, 0.1) is 17.7 Å². The van der Waals surface area contributed by atoms with Crippen molar-refractivity contribution in [2.75, 3.05) is 7.11 Å². The fourth-order valence-electron chi connectivity index (χ4n) is 1.43. The summed E-state index contributed by atoms with van der Waals surface area (Å²) in [6.07, 6.45) is 0. The molecule has 7 heteroatoms. The van der Waals surface area contributed by atoms with Crippen LogP contribution in [0.3, 0.4) is 0 Å². The zero-order valence-corrected chi connectivity index (χ0v) is 12.5. The first kappa shape index (κ1) is 14.8. The van der Waals surface area contributed by atoms with E-state index in [1.54, 1.807) is 0 Å². The Hall–Kier alpha value is -1.56. The minimum absolute atomic E-state index is 0.137. The lowest BCUT2D eigenvalue weighted by Gasteiger charge is -2.06. The van der Waals surface area contributed by atoms with Crippen LogP contribution in [0, 0.1) is 0 Å². The molecule has 0 N–H and O–H groups in total. The first-order valence-electron chi connectivity index (χ1n) is 5.34. The van der Waals surface area contributed by atoms with Gasteiger partial charge >= 0.3 is 11.9 Å². The molecule has 0 bridgehead atoms. The number of methoxy groups -OCH3 is 1. The molecule has 4 nitrogen and oxygen atoms in total. The fraction of sp³-hybridized carbons (Fsp3) is 0.0769. The average molecular weight is 331 g/mol. The summed E-state index contributed by atoms with van der Waals surface area (Å²) in [5.74, 6) is -1.11. The normalized spacial score (nSPS) is 10.2. The molecule has 1 aromatic heterocycles. The maximum Gasteiger partial charge on any atom is 0.345 e. The third-order valence-electron chi connectivity index (χ3n) is 2.39. The van der Waals surface area contributed by atoms with Gasteiger partial charge < -0.3 is 9.47 Å². The van der Waals surface area contributed by atoms with Gasteiger partial charge in [0.15, 0.2) is 5.75 Å². The van der Waals surface area contributed by atoms with E-state index in [1.165, 1.54) is 47.4 Å². The Labute approximate surface area is 128 Å². The highest BCUT2D eigenvalue weighted by Gasteiger charge is 2.19. The number of halogens is 2. The molecule has 2 aromatic rings. The highest BCUT2D eigenvalue weighted by atomic mass is 35.5. The molecule has 20 heavy (non-hydrogen) atoms. The van der Waals surface area contributed by atoms with E-state index in [-0.39, 0.29) is 21.9 Å². The number of thiophene rings is 1. The van der Waals surface area contributed by atoms with Crippen molar-refractivity contribution in [3.63, 3.8) is 0 Å². The third kappa shape index (κ3) is 3.12. The van der Waals surface area contributed by atoms with Crippen molar-refractivity contribution in [3.8, 4) is 5.75 Å². The lowest BCUT2D eigenvalue weighted by molar-refractivity contribution is 0.0594. The highest BCUT2D eigenvalue weighted by molar-refractivity contribution is 7.08. The molecule has 0 amide bonds. The van der Waals surface area contributed by atoms with Crippen molar-refractivity contribution in [2.45, 2.75) is 0 Å². The molecule has 1 heterocycles. The molecule has 0 atom stereocenters. The standard InChI is InChI=1S/C13H8Cl2O4S/c1-18-12(16)9-5-20-6-11(9)19-13(17)8-3-2-7(14)4-10(8)15/h2-6H,1H3. The summed E-state index contributed by atoms with van der Waals surface area (Å²) in [5.41, 5.74) is 0.356. The number of rotatable bonds is 3. The summed E-state index contributed by atoms with van der Waals surface area (Å²) < 4.78 is 9.75. The van der Waals surface area contributed by atoms with Gasteiger partial charge in [-0.3, -0.25) is 0 Å². The predicted octanol–water partition coefficient (Wildman–Crippen LogP) is 4.06. The second kappa shape index (κ2) is 6.26. The molecule has 0 aliphatic carbocycles. The fourth-order valence-corrected chi connectivity index (χ4v) is 2.63. The maximum atomic E-state index is 12.0. The largest absolute Gasteiger partial charge is 0.465 e. The van der Waals surface area contributed by atoms with E-state index in [1.807, 2.05) is 0 Å². The zero-order chi connectivity index (χ0) is 14.7. The minimum Gasteiger partial charge on any atom is -0.465 e. The van der Waals surface area contributed by atoms with E-state index in [2.05, 4.69) is 4.74 Å². The van der Waals surface area contributed by atoms with Crippen molar-refractivity contribution in [1.29, 1.82) is 0 Å². The number of hydrogen-bond donors (Lipinski definition) is 0. The van der Waals surface area contributed by atoms with Crippen LogP contribution in [0.5, 0.6) is 5.75 Å². The molecule has 0 aliphatic heterocycles. The van der Waals surface area contributed by atoms with E-state index < -0.39 is 11.9 Å². The van der Waals surface area contributed by atoms with E-state index >= 15 is 0 Å². The van der Waals surface area contributed by atoms with Gasteiger partial charge in [0.25, 0.3) is 0 Å². The van der Waals surface area contributed by atoms with Crippen LogP contribution in [0.2, 0.25) is 10.0 Å². The topological polar surface area (TPSA) is 52.6 Å². The lowest BCUT2D eigenvalue weighted by atomic mass is 10.2. The van der Waals surface area contributed by atoms with Crippen LogP contribution in [0.15, 0.2) is 29.0 Å². The monoisotopic (exact) mass is 330 g/mol. The van der Waals surface area contributed by atoms with Gasteiger partial charge in [-0.2, -0.15) is 0 Å². The first-order valence-corrected chi connectivity index (χ1v) is 7.04. The molecule has 0 radical (unpaired) electrons. The van der Waals surface area contributed by atoms with Crippen LogP contribution in [-0.2, 0) is 4.74 Å². The Morgan fingerprint density at radius 3 is 2.50 bits per heavy atom. The Kier molecular flexibility index (Phi) is 4.65. The number of ether oxygens (including phenoxy) is 2. The molecule has 0 unspecified atom stereocenters. The molecular weight excluding hydrogens is 323 g/mol. The summed E-state index contributed by atoms with van der Waals surface area (Å²) in [6, 6.07) is 4.42. The van der Waals surface area contributed by atoms with Crippen LogP contribution in [0.25, 0.3) is 0 Å². The number of carbonyl (C=O) groups is 2. The molecule has 0 saturated heterocycles. The van der Waals surface area contributed by atoms with Crippen LogP contribution in [0.1, 0.15) is 20.7 Å². The number of hydrogen-bond acceptors (Lipinski definition) is 5. The first-order chi connectivity index (χ1) is 9.52. The van der Waals surface area contributed by atoms with Crippen molar-refractivity contribution in [3.05, 3.63) is 50.1 Å². The van der Waals surface area contributed by atoms with Gasteiger partial charge in [-0.05, 0) is 18.2 Å². The molecule has 104 valence electrons. The quantitative estimate of drug-likeness (QED) is 0.796. The highest BCUT2D eigenvalue weighted by Crippen LogP contribution is 2.27. The summed E-state index contributed by atoms with van der Waals surface area (Å²) >= 11 is 12.9. The minimum atomic E-state index is -0.671. The Morgan fingerprint density at radius 1 is 1.10 bits per heavy atom. The summed E-state index contributed by atoms with van der Waals surface area (Å²) in [4.78, 5) is 23.5. The van der Waals surface area contributed by atoms with Gasteiger partial charge in [-0.1, -0.05) is 23.2 Å². The second-order valence-electron chi connectivity index (χ2n) is 3.65. The zero-order valence-electron chi connectivity index (χ0n) is 10.2. The third-order valence-corrected chi connectivity index (χ3v) is 3.66. The van der Waals surface area contributed by atoms with Crippen LogP contribution in [0.4, 0.5) is 0 Å². The molecule has 1 aromatic carbocycles. The van der Waals surface area contributed by atoms with Gasteiger partial charge in [-0.25, -0.2) is 9.59 Å². The molecule has 0 spiro atoms. The van der Waals surface area contributed by atoms with Crippen LogP contribution >= 0.6 is 34.5 Å². The van der Waals surface area contributed by atoms with E-state index in [9.17, 15) is 9.59 Å². The van der Waals surface area contributed by atoms with Crippen molar-refractivity contribution in [2.24, 2.45) is 0 Å². The Morgan fingerprint density at radius 2 is 1.85 bits per heavy atom. The van der Waals surface area contributed by atoms with Gasteiger partial charge in [0.1, 0.15) is 5.56 Å². The lowest BCUT2D eigenvalue weighted by Crippen LogP contribution is -2.11. The SMILES string of the molecule is COC(=O)c1cscc1OC(=O)c1ccc(Cl)cc1Cl. The van der Waals surface area contributed by atoms with Crippen molar-refractivity contribution < 1.29 is 19.1 Å². The molecule has 2 rings (SSSR count). The number of carbonyl (C=O) groups excluding carboxylic acids is 2. The van der Waals surface area contributed by atoms with E-state index in [0.29, 0.717) is 5.02 Å². The molecule has 0 fully saturated rings. The molecular formula is C13H8Cl2O4S. The summed E-state index contributed by atoms with van der Waals surface area (Å²) in [7, 11) is 1.25. The maximum absolute atomic E-state index is 12.0. The van der Waals surface area contributed by atoms with E-state index in [0.717, 1.165) is 0 Å².